The number of aromatic nitrogens is 2. The maximum atomic E-state index is 14.1. The summed E-state index contributed by atoms with van der Waals surface area (Å²) in [6.07, 6.45) is -5.98. The Morgan fingerprint density at radius 1 is 0.711 bits per heavy atom. The van der Waals surface area contributed by atoms with Crippen molar-refractivity contribution in [3.8, 4) is 0 Å². The quantitative estimate of drug-likeness (QED) is 0.244. The molecule has 24 heteroatoms. The second-order valence-corrected chi connectivity index (χ2v) is 10.6. The third-order valence-corrected chi connectivity index (χ3v) is 6.95. The number of rotatable bonds is 12. The lowest BCUT2D eigenvalue weighted by molar-refractivity contribution is -0.443. The monoisotopic (exact) mass is 706 g/mol. The standard InChI is InChI=1S/C21H14F16N4O3S/c1-8-7-12(39-9(2)38-8)41-45(43,44)11-5-3-10(4-6-11)40-14(42)16(26,27)18(30,31)20(34,35)21(36,37)19(32,33)17(28,29)15(24,25)13(22)23/h3-7,13H,1-2H3,(H,40,42)(H,38,39,41). The smallest absolute Gasteiger partial charge is 0.321 e. The van der Waals surface area contributed by atoms with Crippen LogP contribution < -0.4 is 10.0 Å². The van der Waals surface area contributed by atoms with E-state index < -0.39 is 74.4 Å². The summed E-state index contributed by atoms with van der Waals surface area (Å²) in [5.74, 6) is -60.8. The first kappa shape index (κ1) is 37.6. The Morgan fingerprint density at radius 3 is 1.60 bits per heavy atom. The number of nitrogens with one attached hydrogen (secondary N) is 2. The van der Waals surface area contributed by atoms with Gasteiger partial charge in [0.25, 0.3) is 10.0 Å². The minimum atomic E-state index is -8.65. The molecule has 0 saturated carbocycles. The lowest BCUT2D eigenvalue weighted by Crippen LogP contribution is -2.74. The summed E-state index contributed by atoms with van der Waals surface area (Å²) < 4.78 is 242. The highest BCUT2D eigenvalue weighted by Crippen LogP contribution is 2.62. The second-order valence-electron chi connectivity index (χ2n) is 8.90. The van der Waals surface area contributed by atoms with E-state index in [1.807, 2.05) is 4.72 Å². The van der Waals surface area contributed by atoms with Gasteiger partial charge in [-0.15, -0.1) is 0 Å². The molecule has 1 amide bonds. The first-order valence-electron chi connectivity index (χ1n) is 11.1. The number of anilines is 2. The van der Waals surface area contributed by atoms with Crippen LogP contribution in [0, 0.1) is 13.8 Å². The maximum absolute atomic E-state index is 14.1. The van der Waals surface area contributed by atoms with E-state index in [1.54, 1.807) is 0 Å². The number of halogens is 16. The first-order chi connectivity index (χ1) is 19.9. The van der Waals surface area contributed by atoms with E-state index >= 15 is 0 Å². The fourth-order valence-electron chi connectivity index (χ4n) is 3.17. The minimum Gasteiger partial charge on any atom is -0.321 e. The average molecular weight is 706 g/mol. The zero-order valence-corrected chi connectivity index (χ0v) is 22.4. The molecule has 1 aromatic heterocycles. The van der Waals surface area contributed by atoms with Crippen LogP contribution in [0.1, 0.15) is 11.5 Å². The van der Waals surface area contributed by atoms with Gasteiger partial charge in [0.1, 0.15) is 11.6 Å². The lowest BCUT2D eigenvalue weighted by Gasteiger charge is -2.42. The highest BCUT2D eigenvalue weighted by atomic mass is 32.2. The van der Waals surface area contributed by atoms with Crippen molar-refractivity contribution in [2.24, 2.45) is 0 Å². The molecule has 0 fully saturated rings. The van der Waals surface area contributed by atoms with Gasteiger partial charge in [0.2, 0.25) is 0 Å². The summed E-state index contributed by atoms with van der Waals surface area (Å²) >= 11 is 0. The van der Waals surface area contributed by atoms with Crippen LogP contribution in [0.4, 0.5) is 81.8 Å². The minimum absolute atomic E-state index is 0.107. The average Bonchev–Trinajstić information content (AvgIpc) is 2.87. The van der Waals surface area contributed by atoms with Crippen molar-refractivity contribution in [1.82, 2.24) is 9.97 Å². The zero-order chi connectivity index (χ0) is 35.4. The molecule has 0 unspecified atom stereocenters. The van der Waals surface area contributed by atoms with Gasteiger partial charge in [0.15, 0.2) is 0 Å². The molecule has 45 heavy (non-hydrogen) atoms. The summed E-state index contributed by atoms with van der Waals surface area (Å²) in [5, 5.41) is 0.725. The molecule has 2 rings (SSSR count). The summed E-state index contributed by atoms with van der Waals surface area (Å²) in [5.41, 5.74) is -0.866. The highest BCUT2D eigenvalue weighted by Gasteiger charge is 2.94. The number of benzene rings is 1. The molecule has 0 spiro atoms. The first-order valence-corrected chi connectivity index (χ1v) is 12.6. The Bertz CT molecular complexity index is 1510. The van der Waals surface area contributed by atoms with Crippen molar-refractivity contribution < 1.29 is 83.5 Å². The number of nitrogens with zero attached hydrogens (tertiary/aromatic N) is 2. The summed E-state index contributed by atoms with van der Waals surface area (Å²) in [7, 11) is -4.56. The number of alkyl halides is 16. The summed E-state index contributed by atoms with van der Waals surface area (Å²) in [6, 6.07) is 2.78. The van der Waals surface area contributed by atoms with E-state index in [0.717, 1.165) is 11.4 Å². The third-order valence-electron chi connectivity index (χ3n) is 5.58. The molecule has 1 heterocycles. The van der Waals surface area contributed by atoms with E-state index in [9.17, 15) is 83.5 Å². The molecule has 254 valence electrons. The van der Waals surface area contributed by atoms with Crippen LogP contribution in [0.15, 0.2) is 35.2 Å². The molecule has 0 aliphatic heterocycles. The van der Waals surface area contributed by atoms with Crippen molar-refractivity contribution in [2.45, 2.75) is 66.6 Å². The molecule has 1 aromatic carbocycles. The molecule has 0 aliphatic carbocycles. The van der Waals surface area contributed by atoms with Crippen molar-refractivity contribution in [1.29, 1.82) is 0 Å². The van der Waals surface area contributed by atoms with E-state index in [0.29, 0.717) is 30.0 Å². The SMILES string of the molecule is Cc1cc(NS(=O)(=O)c2ccc(NC(=O)C(F)(F)C(F)(F)C(F)(F)C(F)(F)C(F)(F)C(F)(F)C(F)(F)C(F)F)cc2)nc(C)n1. The van der Waals surface area contributed by atoms with Crippen molar-refractivity contribution in [3.63, 3.8) is 0 Å². The molecule has 7 nitrogen and oxygen atoms in total. The van der Waals surface area contributed by atoms with Gasteiger partial charge in [-0.25, -0.2) is 27.2 Å². The van der Waals surface area contributed by atoms with E-state index in [1.165, 1.54) is 13.8 Å². The van der Waals surface area contributed by atoms with Crippen LogP contribution in [0.5, 0.6) is 0 Å². The number of carbonyl (C=O) groups excluding carboxylic acids is 1. The molecule has 0 radical (unpaired) electrons. The second kappa shape index (κ2) is 11.3. The molecule has 0 atom stereocenters. The number of hydrogen-bond acceptors (Lipinski definition) is 5. The van der Waals surface area contributed by atoms with Gasteiger partial charge in [0.05, 0.1) is 4.90 Å². The van der Waals surface area contributed by atoms with Crippen LogP contribution >= 0.6 is 0 Å². The van der Waals surface area contributed by atoms with Crippen LogP contribution in [-0.4, -0.2) is 72.2 Å². The van der Waals surface area contributed by atoms with E-state index in [4.69, 9.17) is 0 Å². The molecule has 2 N–H and O–H groups in total. The third kappa shape index (κ3) is 6.03. The van der Waals surface area contributed by atoms with E-state index in [2.05, 4.69) is 9.97 Å². The van der Waals surface area contributed by atoms with Gasteiger partial charge in [-0.2, -0.15) is 61.5 Å². The predicted octanol–water partition coefficient (Wildman–Crippen LogP) is 6.54. The Kier molecular flexibility index (Phi) is 9.46. The molecular weight excluding hydrogens is 692 g/mol. The van der Waals surface area contributed by atoms with Crippen LogP contribution in [0.25, 0.3) is 0 Å². The molecule has 0 saturated heterocycles. The summed E-state index contributed by atoms with van der Waals surface area (Å²) in [4.78, 5) is 18.6. The van der Waals surface area contributed by atoms with E-state index in [-0.39, 0.29) is 11.6 Å². The zero-order valence-electron chi connectivity index (χ0n) is 21.5. The van der Waals surface area contributed by atoms with Gasteiger partial charge in [0, 0.05) is 17.4 Å². The summed E-state index contributed by atoms with van der Waals surface area (Å²) in [6.45, 7) is 2.83. The Labute approximate surface area is 240 Å². The number of amides is 1. The molecule has 0 aliphatic rings. The predicted molar refractivity (Wildman–Crippen MR) is 118 cm³/mol. The van der Waals surface area contributed by atoms with Gasteiger partial charge in [-0.3, -0.25) is 9.52 Å². The number of hydrogen-bond donors (Lipinski definition) is 2. The van der Waals surface area contributed by atoms with Gasteiger partial charge in [-0.05, 0) is 38.1 Å². The maximum Gasteiger partial charge on any atom is 0.393 e. The molecule has 2 aromatic rings. The highest BCUT2D eigenvalue weighted by molar-refractivity contribution is 7.92. The van der Waals surface area contributed by atoms with Crippen LogP contribution in [0.2, 0.25) is 0 Å². The normalized spacial score (nSPS) is 14.5. The Morgan fingerprint density at radius 2 is 1.16 bits per heavy atom. The molecular formula is C21H14F16N4O3S. The fourth-order valence-corrected chi connectivity index (χ4v) is 4.16. The lowest BCUT2D eigenvalue weighted by atomic mass is 9.89. The molecule has 0 bridgehead atoms. The fraction of sp³-hybridized carbons (Fsp3) is 0.476. The largest absolute Gasteiger partial charge is 0.393 e. The number of aryl methyl sites for hydroxylation is 2. The van der Waals surface area contributed by atoms with Gasteiger partial charge < -0.3 is 5.32 Å². The van der Waals surface area contributed by atoms with Crippen molar-refractivity contribution >= 4 is 27.4 Å². The van der Waals surface area contributed by atoms with Crippen molar-refractivity contribution in [2.75, 3.05) is 10.0 Å². The van der Waals surface area contributed by atoms with Gasteiger partial charge in [-0.1, -0.05) is 0 Å². The topological polar surface area (TPSA) is 101 Å². The van der Waals surface area contributed by atoms with Crippen LogP contribution in [-0.2, 0) is 14.8 Å². The Balaban J connectivity index is 2.39. The van der Waals surface area contributed by atoms with Gasteiger partial charge >= 0.3 is 53.8 Å². The van der Waals surface area contributed by atoms with Crippen LogP contribution in [0.3, 0.4) is 0 Å². The Hall–Kier alpha value is -3.60. The van der Waals surface area contributed by atoms with Crippen molar-refractivity contribution in [3.05, 3.63) is 41.9 Å². The number of sulfonamides is 1. The number of carbonyl (C=O) groups is 1.